The number of carbonyl (C=O) groups is 1. The van der Waals surface area contributed by atoms with E-state index < -0.39 is 11.6 Å². The van der Waals surface area contributed by atoms with Crippen molar-refractivity contribution in [3.8, 4) is 5.69 Å². The lowest BCUT2D eigenvalue weighted by Crippen LogP contribution is -2.34. The smallest absolute Gasteiger partial charge is 0.295 e. The fraction of sp³-hybridized carbons (Fsp3) is 0.182. The van der Waals surface area contributed by atoms with Crippen LogP contribution in [0.3, 0.4) is 0 Å². The molecule has 8 heteroatoms. The molecule has 0 aliphatic rings. The predicted molar refractivity (Wildman–Crippen MR) is 120 cm³/mol. The Kier molecular flexibility index (Phi) is 5.26. The zero-order valence-electron chi connectivity index (χ0n) is 16.8. The van der Waals surface area contributed by atoms with Crippen LogP contribution in [0.5, 0.6) is 0 Å². The van der Waals surface area contributed by atoms with E-state index in [0.29, 0.717) is 22.3 Å². The minimum absolute atomic E-state index is 0.296. The van der Waals surface area contributed by atoms with E-state index in [1.807, 2.05) is 62.4 Å². The largest absolute Gasteiger partial charge is 0.323 e. The normalized spacial score (nSPS) is 12.1. The lowest BCUT2D eigenvalue weighted by Gasteiger charge is -2.15. The van der Waals surface area contributed by atoms with Gasteiger partial charge in [-0.25, -0.2) is 9.36 Å². The number of amides is 1. The molecule has 4 aromatic rings. The number of rotatable bonds is 4. The van der Waals surface area contributed by atoms with Gasteiger partial charge in [-0.3, -0.25) is 9.59 Å². The van der Waals surface area contributed by atoms with E-state index in [9.17, 15) is 9.59 Å². The molecule has 0 saturated heterocycles. The molecule has 0 aliphatic carbocycles. The number of para-hydroxylation sites is 2. The van der Waals surface area contributed by atoms with Gasteiger partial charge in [0.2, 0.25) is 5.91 Å². The zero-order chi connectivity index (χ0) is 21.4. The van der Waals surface area contributed by atoms with Crippen LogP contribution >= 0.6 is 15.9 Å². The Balaban J connectivity index is 1.77. The van der Waals surface area contributed by atoms with E-state index in [0.717, 1.165) is 15.9 Å². The number of fused-ring (bicyclic) bond motifs is 1. The van der Waals surface area contributed by atoms with Crippen molar-refractivity contribution in [3.05, 3.63) is 80.8 Å². The van der Waals surface area contributed by atoms with Crippen molar-refractivity contribution in [2.75, 3.05) is 5.32 Å². The summed E-state index contributed by atoms with van der Waals surface area (Å²) >= 11 is 3.41. The molecule has 1 N–H and O–H groups in total. The van der Waals surface area contributed by atoms with Crippen molar-refractivity contribution in [3.63, 3.8) is 0 Å². The van der Waals surface area contributed by atoms with Gasteiger partial charge in [-0.2, -0.15) is 10.2 Å². The summed E-state index contributed by atoms with van der Waals surface area (Å²) in [5.74, 6) is -0.338. The zero-order valence-corrected chi connectivity index (χ0v) is 18.3. The molecule has 1 unspecified atom stereocenters. The Morgan fingerprint density at radius 1 is 1.03 bits per heavy atom. The summed E-state index contributed by atoms with van der Waals surface area (Å²) in [5, 5.41) is 12.5. The Morgan fingerprint density at radius 2 is 1.70 bits per heavy atom. The second-order valence-electron chi connectivity index (χ2n) is 7.04. The molecule has 7 nitrogen and oxygen atoms in total. The van der Waals surface area contributed by atoms with Gasteiger partial charge in [0.25, 0.3) is 5.56 Å². The molecule has 0 radical (unpaired) electrons. The second-order valence-corrected chi connectivity index (χ2v) is 7.89. The summed E-state index contributed by atoms with van der Waals surface area (Å²) in [6.07, 6.45) is 0. The fourth-order valence-corrected chi connectivity index (χ4v) is 3.83. The molecule has 152 valence electrons. The average molecular weight is 466 g/mol. The molecule has 2 heterocycles. The molecule has 0 aliphatic heterocycles. The molecule has 0 spiro atoms. The third kappa shape index (κ3) is 3.43. The Labute approximate surface area is 181 Å². The number of nitrogens with one attached hydrogen (secondary N) is 1. The van der Waals surface area contributed by atoms with Crippen molar-refractivity contribution in [1.82, 2.24) is 19.6 Å². The molecule has 0 saturated carbocycles. The number of aromatic nitrogens is 4. The van der Waals surface area contributed by atoms with E-state index in [2.05, 4.69) is 31.4 Å². The van der Waals surface area contributed by atoms with E-state index in [4.69, 9.17) is 0 Å². The highest BCUT2D eigenvalue weighted by Crippen LogP contribution is 2.24. The number of nitrogens with zero attached hydrogens (tertiary/aromatic N) is 4. The van der Waals surface area contributed by atoms with Crippen LogP contribution in [-0.4, -0.2) is 25.5 Å². The van der Waals surface area contributed by atoms with Gasteiger partial charge in [-0.1, -0.05) is 30.3 Å². The van der Waals surface area contributed by atoms with Crippen LogP contribution < -0.4 is 10.9 Å². The van der Waals surface area contributed by atoms with E-state index in [-0.39, 0.29) is 5.91 Å². The van der Waals surface area contributed by atoms with E-state index >= 15 is 0 Å². The minimum atomic E-state index is -0.810. The van der Waals surface area contributed by atoms with Crippen LogP contribution in [0, 0.1) is 13.8 Å². The van der Waals surface area contributed by atoms with Crippen molar-refractivity contribution in [2.24, 2.45) is 0 Å². The molecular formula is C22H20BrN5O2. The highest BCUT2D eigenvalue weighted by molar-refractivity contribution is 9.10. The summed E-state index contributed by atoms with van der Waals surface area (Å²) in [6.45, 7) is 5.37. The van der Waals surface area contributed by atoms with Gasteiger partial charge in [0.05, 0.1) is 28.1 Å². The lowest BCUT2D eigenvalue weighted by molar-refractivity contribution is -0.119. The van der Waals surface area contributed by atoms with Gasteiger partial charge in [-0.05, 0) is 61.0 Å². The first kappa shape index (κ1) is 20.0. The first-order valence-corrected chi connectivity index (χ1v) is 10.3. The molecular weight excluding hydrogens is 446 g/mol. The van der Waals surface area contributed by atoms with Crippen LogP contribution in [0.1, 0.15) is 24.4 Å². The predicted octanol–water partition coefficient (Wildman–Crippen LogP) is 4.16. The maximum atomic E-state index is 13.2. The van der Waals surface area contributed by atoms with Crippen LogP contribution in [0.25, 0.3) is 16.6 Å². The third-order valence-corrected chi connectivity index (χ3v) is 5.72. The minimum Gasteiger partial charge on any atom is -0.323 e. The number of hydrogen-bond donors (Lipinski definition) is 1. The van der Waals surface area contributed by atoms with Crippen LogP contribution in [0.2, 0.25) is 0 Å². The summed E-state index contributed by atoms with van der Waals surface area (Å²) < 4.78 is 3.69. The molecule has 30 heavy (non-hydrogen) atoms. The van der Waals surface area contributed by atoms with Crippen molar-refractivity contribution >= 4 is 38.4 Å². The first-order chi connectivity index (χ1) is 14.4. The number of halogens is 1. The summed E-state index contributed by atoms with van der Waals surface area (Å²) in [6, 6.07) is 16.1. The number of aryl methyl sites for hydroxylation is 2. The van der Waals surface area contributed by atoms with Crippen molar-refractivity contribution < 1.29 is 4.79 Å². The van der Waals surface area contributed by atoms with Crippen LogP contribution in [-0.2, 0) is 4.79 Å². The lowest BCUT2D eigenvalue weighted by atomic mass is 10.2. The topological polar surface area (TPSA) is 81.8 Å². The summed E-state index contributed by atoms with van der Waals surface area (Å²) in [5.41, 5.74) is 2.86. The number of carbonyl (C=O) groups excluding carboxylic acids is 1. The van der Waals surface area contributed by atoms with E-state index in [1.54, 1.807) is 17.7 Å². The van der Waals surface area contributed by atoms with Crippen LogP contribution in [0.4, 0.5) is 5.69 Å². The maximum Gasteiger partial charge on any atom is 0.295 e. The van der Waals surface area contributed by atoms with Gasteiger partial charge in [0.1, 0.15) is 6.04 Å². The Bertz CT molecular complexity index is 1310. The van der Waals surface area contributed by atoms with Gasteiger partial charge in [0.15, 0.2) is 5.52 Å². The summed E-state index contributed by atoms with van der Waals surface area (Å²) in [4.78, 5) is 26.0. The quantitative estimate of drug-likeness (QED) is 0.490. The second kappa shape index (κ2) is 7.87. The molecule has 0 fully saturated rings. The number of benzene rings is 2. The summed E-state index contributed by atoms with van der Waals surface area (Å²) in [7, 11) is 0. The van der Waals surface area contributed by atoms with Gasteiger partial charge in [0, 0.05) is 4.47 Å². The van der Waals surface area contributed by atoms with Crippen molar-refractivity contribution in [2.45, 2.75) is 26.8 Å². The Hall–Kier alpha value is -3.26. The standard InChI is InChI=1S/C22H20BrN5O2/c1-13-19-14(2)27(16-9-5-4-6-10-16)26-20(19)22(30)28(25-13)15(3)21(29)24-18-12-8-7-11-17(18)23/h4-12,15H,1-3H3,(H,24,29). The Morgan fingerprint density at radius 3 is 2.40 bits per heavy atom. The van der Waals surface area contributed by atoms with Gasteiger partial charge >= 0.3 is 0 Å². The van der Waals surface area contributed by atoms with Crippen molar-refractivity contribution in [1.29, 1.82) is 0 Å². The number of hydrogen-bond acceptors (Lipinski definition) is 4. The average Bonchev–Trinajstić information content (AvgIpc) is 3.10. The van der Waals surface area contributed by atoms with Gasteiger partial charge < -0.3 is 5.32 Å². The third-order valence-electron chi connectivity index (χ3n) is 5.03. The molecule has 2 aromatic carbocycles. The maximum absolute atomic E-state index is 13.2. The van der Waals surface area contributed by atoms with E-state index in [1.165, 1.54) is 4.68 Å². The highest BCUT2D eigenvalue weighted by Gasteiger charge is 2.23. The number of anilines is 1. The molecule has 2 aromatic heterocycles. The SMILES string of the molecule is Cc1nn(C(C)C(=O)Nc2ccccc2Br)c(=O)c2nn(-c3ccccc3)c(C)c12. The molecule has 0 bridgehead atoms. The first-order valence-electron chi connectivity index (χ1n) is 9.48. The van der Waals surface area contributed by atoms with Gasteiger partial charge in [-0.15, -0.1) is 0 Å². The highest BCUT2D eigenvalue weighted by atomic mass is 79.9. The molecule has 1 atom stereocenters. The fourth-order valence-electron chi connectivity index (χ4n) is 3.44. The monoisotopic (exact) mass is 465 g/mol. The molecule has 1 amide bonds. The molecule has 4 rings (SSSR count). The van der Waals surface area contributed by atoms with Crippen LogP contribution in [0.15, 0.2) is 63.9 Å².